The number of rotatable bonds is 2. The fourth-order valence-corrected chi connectivity index (χ4v) is 5.01. The number of nitrogens with zero attached hydrogens (tertiary/aromatic N) is 2. The summed E-state index contributed by atoms with van der Waals surface area (Å²) in [6, 6.07) is 8.65. The number of benzene rings is 1. The Bertz CT molecular complexity index is 1130. The first-order chi connectivity index (χ1) is 14.2. The number of nitriles is 1. The molecule has 4 nitrogen and oxygen atoms in total. The molecule has 1 aliphatic heterocycles. The minimum atomic E-state index is -4.58. The molecular weight excluding hydrogens is 435 g/mol. The first kappa shape index (κ1) is 20.5. The quantitative estimate of drug-likeness (QED) is 0.636. The molecule has 9 heteroatoms. The van der Waals surface area contributed by atoms with E-state index >= 15 is 0 Å². The van der Waals surface area contributed by atoms with Gasteiger partial charge >= 0.3 is 6.18 Å². The topological polar surface area (TPSA) is 70.1 Å². The molecule has 0 spiro atoms. The lowest BCUT2D eigenvalue weighted by molar-refractivity contribution is -0.137. The van der Waals surface area contributed by atoms with Gasteiger partial charge in [0.15, 0.2) is 5.78 Å². The average molecular weight is 450 g/mol. The maximum Gasteiger partial charge on any atom is 0.416 e. The van der Waals surface area contributed by atoms with Crippen LogP contribution in [-0.2, 0) is 11.0 Å². The van der Waals surface area contributed by atoms with Gasteiger partial charge in [-0.3, -0.25) is 9.69 Å². The normalized spacial score (nSPS) is 19.8. The van der Waals surface area contributed by atoms with Crippen LogP contribution in [0.1, 0.15) is 35.6 Å². The minimum absolute atomic E-state index is 0.00331. The van der Waals surface area contributed by atoms with Gasteiger partial charge in [0.2, 0.25) is 0 Å². The van der Waals surface area contributed by atoms with Crippen molar-refractivity contribution in [1.29, 1.82) is 5.26 Å². The highest BCUT2D eigenvalue weighted by atomic mass is 35.5. The molecule has 1 aliphatic carbocycles. The first-order valence-corrected chi connectivity index (χ1v) is 10.4. The molecule has 2 aromatic rings. The van der Waals surface area contributed by atoms with Gasteiger partial charge < -0.3 is 5.73 Å². The number of hydrogen-bond acceptors (Lipinski definition) is 5. The molecule has 0 radical (unpaired) electrons. The van der Waals surface area contributed by atoms with E-state index in [1.54, 1.807) is 0 Å². The summed E-state index contributed by atoms with van der Waals surface area (Å²) in [5.41, 5.74) is 6.49. The Morgan fingerprint density at radius 3 is 2.67 bits per heavy atom. The van der Waals surface area contributed by atoms with Crippen LogP contribution in [0.25, 0.3) is 0 Å². The van der Waals surface area contributed by atoms with Gasteiger partial charge in [0.25, 0.3) is 0 Å². The lowest BCUT2D eigenvalue weighted by atomic mass is 9.78. The Morgan fingerprint density at radius 1 is 1.27 bits per heavy atom. The van der Waals surface area contributed by atoms with Gasteiger partial charge in [-0.05, 0) is 42.5 Å². The number of nitrogens with two attached hydrogens (primary N) is 1. The van der Waals surface area contributed by atoms with Crippen molar-refractivity contribution in [2.45, 2.75) is 31.4 Å². The Kier molecular flexibility index (Phi) is 5.12. The second-order valence-corrected chi connectivity index (χ2v) is 8.38. The number of halogens is 4. The van der Waals surface area contributed by atoms with Crippen LogP contribution in [-0.4, -0.2) is 5.78 Å². The third-order valence-corrected chi connectivity index (χ3v) is 6.51. The average Bonchev–Trinajstić information content (AvgIpc) is 3.22. The van der Waals surface area contributed by atoms with Crippen LogP contribution >= 0.6 is 22.9 Å². The van der Waals surface area contributed by atoms with Crippen LogP contribution < -0.4 is 10.6 Å². The molecule has 0 fully saturated rings. The zero-order chi connectivity index (χ0) is 21.6. The van der Waals surface area contributed by atoms with Gasteiger partial charge in [0.05, 0.1) is 33.8 Å². The second kappa shape index (κ2) is 7.49. The van der Waals surface area contributed by atoms with E-state index in [-0.39, 0.29) is 27.9 Å². The summed E-state index contributed by atoms with van der Waals surface area (Å²) >= 11 is 7.66. The molecule has 2 aliphatic rings. The van der Waals surface area contributed by atoms with Crippen molar-refractivity contribution in [2.75, 3.05) is 4.90 Å². The van der Waals surface area contributed by atoms with Gasteiger partial charge in [-0.15, -0.1) is 11.3 Å². The van der Waals surface area contributed by atoms with E-state index < -0.39 is 17.7 Å². The fourth-order valence-electron chi connectivity index (χ4n) is 3.96. The molecule has 1 atom stereocenters. The molecule has 1 aromatic heterocycles. The molecule has 0 unspecified atom stereocenters. The van der Waals surface area contributed by atoms with Crippen molar-refractivity contribution >= 4 is 34.4 Å². The molecule has 0 saturated heterocycles. The second-order valence-electron chi connectivity index (χ2n) is 7.00. The van der Waals surface area contributed by atoms with Gasteiger partial charge in [-0.25, -0.2) is 0 Å². The van der Waals surface area contributed by atoms with Crippen LogP contribution in [0, 0.1) is 11.3 Å². The third kappa shape index (κ3) is 3.28. The summed E-state index contributed by atoms with van der Waals surface area (Å²) in [7, 11) is 0. The van der Waals surface area contributed by atoms with Crippen molar-refractivity contribution in [3.05, 3.63) is 73.8 Å². The summed E-state index contributed by atoms with van der Waals surface area (Å²) < 4.78 is 40.0. The summed E-state index contributed by atoms with van der Waals surface area (Å²) in [5.74, 6) is -0.771. The highest BCUT2D eigenvalue weighted by molar-refractivity contribution is 7.10. The van der Waals surface area contributed by atoms with Crippen molar-refractivity contribution in [2.24, 2.45) is 5.73 Å². The molecule has 0 bridgehead atoms. The molecule has 0 saturated carbocycles. The number of alkyl halides is 3. The Balaban J connectivity index is 1.99. The smallest absolute Gasteiger partial charge is 0.384 e. The van der Waals surface area contributed by atoms with E-state index in [4.69, 9.17) is 17.3 Å². The number of carbonyl (C=O) groups is 1. The SMILES string of the molecule is N#CC1=C(N)N(c2cc(C(F)(F)F)ccc2Cl)C2=C(C(=O)CCC2)[C@@H]1c1cccs1. The van der Waals surface area contributed by atoms with Crippen LogP contribution in [0.15, 0.2) is 58.4 Å². The number of carbonyl (C=O) groups excluding carboxylic acids is 1. The lowest BCUT2D eigenvalue weighted by Gasteiger charge is -2.39. The number of thiophene rings is 1. The van der Waals surface area contributed by atoms with Crippen LogP contribution in [0.4, 0.5) is 18.9 Å². The van der Waals surface area contributed by atoms with Crippen LogP contribution in [0.5, 0.6) is 0 Å². The van der Waals surface area contributed by atoms with Crippen molar-refractivity contribution in [3.63, 3.8) is 0 Å². The molecular formula is C21H15ClF3N3OS. The molecule has 0 amide bonds. The standard InChI is InChI=1S/C21H15ClF3N3OS/c22-13-7-6-11(21(23,24)25)9-15(13)28-14-3-1-4-16(29)19(14)18(12(10-26)20(28)27)17-5-2-8-30-17/h2,5-9,18H,1,3-4,27H2/t18-/m0/s1. The zero-order valence-corrected chi connectivity index (χ0v) is 17.0. The van der Waals surface area contributed by atoms with Crippen LogP contribution in [0.3, 0.4) is 0 Å². The Morgan fingerprint density at radius 2 is 2.03 bits per heavy atom. The van der Waals surface area contributed by atoms with Crippen molar-refractivity contribution in [3.8, 4) is 6.07 Å². The number of allylic oxidation sites excluding steroid dienone is 3. The summed E-state index contributed by atoms with van der Waals surface area (Å²) in [6.07, 6.45) is -3.29. The molecule has 4 rings (SSSR count). The van der Waals surface area contributed by atoms with Crippen LogP contribution in [0.2, 0.25) is 5.02 Å². The fraction of sp³-hybridized carbons (Fsp3) is 0.238. The molecule has 1 aromatic carbocycles. The molecule has 2 heterocycles. The van der Waals surface area contributed by atoms with Crippen molar-refractivity contribution in [1.82, 2.24) is 0 Å². The van der Waals surface area contributed by atoms with E-state index in [0.29, 0.717) is 30.5 Å². The van der Waals surface area contributed by atoms with Crippen molar-refractivity contribution < 1.29 is 18.0 Å². The highest BCUT2D eigenvalue weighted by Gasteiger charge is 2.41. The number of ketones is 1. The molecule has 2 N–H and O–H groups in total. The predicted octanol–water partition coefficient (Wildman–Crippen LogP) is 5.73. The molecule has 30 heavy (non-hydrogen) atoms. The number of hydrogen-bond donors (Lipinski definition) is 1. The van der Waals surface area contributed by atoms with E-state index in [1.807, 2.05) is 17.5 Å². The third-order valence-electron chi connectivity index (χ3n) is 5.26. The number of Topliss-reactive ketones (excluding diaryl/α,β-unsaturated/α-hetero) is 1. The van der Waals surface area contributed by atoms with Gasteiger partial charge in [-0.2, -0.15) is 18.4 Å². The lowest BCUT2D eigenvalue weighted by Crippen LogP contribution is -2.38. The first-order valence-electron chi connectivity index (χ1n) is 9.10. The van der Waals surface area contributed by atoms with Gasteiger partial charge in [-0.1, -0.05) is 17.7 Å². The summed E-state index contributed by atoms with van der Waals surface area (Å²) in [6.45, 7) is 0. The predicted molar refractivity (Wildman–Crippen MR) is 109 cm³/mol. The summed E-state index contributed by atoms with van der Waals surface area (Å²) in [5, 5.41) is 11.7. The largest absolute Gasteiger partial charge is 0.416 e. The zero-order valence-electron chi connectivity index (χ0n) is 15.5. The maximum absolute atomic E-state index is 13.3. The minimum Gasteiger partial charge on any atom is -0.384 e. The highest BCUT2D eigenvalue weighted by Crippen LogP contribution is 2.48. The molecule has 154 valence electrons. The number of anilines is 1. The van der Waals surface area contributed by atoms with E-state index in [2.05, 4.69) is 6.07 Å². The van der Waals surface area contributed by atoms with Gasteiger partial charge in [0, 0.05) is 22.6 Å². The van der Waals surface area contributed by atoms with Gasteiger partial charge in [0.1, 0.15) is 5.82 Å². The van der Waals surface area contributed by atoms with E-state index in [9.17, 15) is 23.2 Å². The summed E-state index contributed by atoms with van der Waals surface area (Å²) in [4.78, 5) is 15.1. The maximum atomic E-state index is 13.3. The Labute approximate surface area is 179 Å². The Hall–Kier alpha value is -2.76. The monoisotopic (exact) mass is 449 g/mol. The van der Waals surface area contributed by atoms with E-state index in [1.165, 1.54) is 16.2 Å². The van der Waals surface area contributed by atoms with E-state index in [0.717, 1.165) is 23.1 Å².